The predicted octanol–water partition coefficient (Wildman–Crippen LogP) is 0.689. The van der Waals surface area contributed by atoms with Crippen LogP contribution in [0.25, 0.3) is 0 Å². The second kappa shape index (κ2) is 6.37. The molecule has 1 aromatic rings. The SMILES string of the molecule is N#Cc1cccc(NC(=O)C(N)CCC(=O)O)c1. The fraction of sp³-hybridized carbons (Fsp3) is 0.250. The average Bonchev–Trinajstić information content (AvgIpc) is 2.36. The number of anilines is 1. The lowest BCUT2D eigenvalue weighted by Crippen LogP contribution is -2.36. The van der Waals surface area contributed by atoms with Crippen LogP contribution in [0.5, 0.6) is 0 Å². The number of benzene rings is 1. The Kier molecular flexibility index (Phi) is 4.84. The van der Waals surface area contributed by atoms with E-state index < -0.39 is 17.9 Å². The molecule has 4 N–H and O–H groups in total. The molecule has 0 spiro atoms. The van der Waals surface area contributed by atoms with E-state index in [0.717, 1.165) is 0 Å². The third kappa shape index (κ3) is 4.23. The third-order valence-electron chi connectivity index (χ3n) is 2.27. The monoisotopic (exact) mass is 247 g/mol. The Morgan fingerprint density at radius 1 is 1.50 bits per heavy atom. The van der Waals surface area contributed by atoms with Gasteiger partial charge in [-0.1, -0.05) is 6.07 Å². The van der Waals surface area contributed by atoms with Crippen LogP contribution in [0, 0.1) is 11.3 Å². The van der Waals surface area contributed by atoms with E-state index in [0.29, 0.717) is 11.3 Å². The number of carboxylic acids is 1. The van der Waals surface area contributed by atoms with E-state index in [4.69, 9.17) is 16.1 Å². The number of nitrogens with two attached hydrogens (primary N) is 1. The van der Waals surface area contributed by atoms with Crippen LogP contribution in [-0.2, 0) is 9.59 Å². The van der Waals surface area contributed by atoms with Gasteiger partial charge in [0.25, 0.3) is 0 Å². The highest BCUT2D eigenvalue weighted by molar-refractivity contribution is 5.95. The molecule has 1 unspecified atom stereocenters. The summed E-state index contributed by atoms with van der Waals surface area (Å²) in [4.78, 5) is 22.0. The molecule has 6 nitrogen and oxygen atoms in total. The average molecular weight is 247 g/mol. The first-order chi connectivity index (χ1) is 8.52. The first-order valence-electron chi connectivity index (χ1n) is 5.31. The molecule has 0 saturated heterocycles. The number of nitrogens with zero attached hydrogens (tertiary/aromatic N) is 1. The highest BCUT2D eigenvalue weighted by Crippen LogP contribution is 2.10. The molecule has 18 heavy (non-hydrogen) atoms. The van der Waals surface area contributed by atoms with E-state index in [9.17, 15) is 9.59 Å². The maximum atomic E-state index is 11.6. The van der Waals surface area contributed by atoms with E-state index in [2.05, 4.69) is 5.32 Å². The van der Waals surface area contributed by atoms with Gasteiger partial charge in [0.15, 0.2) is 0 Å². The Labute approximate surface area is 104 Å². The molecule has 0 fully saturated rings. The molecule has 1 atom stereocenters. The molecule has 94 valence electrons. The first kappa shape index (κ1) is 13.7. The fourth-order valence-corrected chi connectivity index (χ4v) is 1.31. The lowest BCUT2D eigenvalue weighted by Gasteiger charge is -2.11. The molecule has 1 amide bonds. The number of nitriles is 1. The van der Waals surface area contributed by atoms with Crippen LogP contribution in [0.3, 0.4) is 0 Å². The van der Waals surface area contributed by atoms with Gasteiger partial charge in [-0.25, -0.2) is 0 Å². The zero-order valence-corrected chi connectivity index (χ0v) is 9.59. The quantitative estimate of drug-likeness (QED) is 0.707. The molecule has 0 aromatic heterocycles. The zero-order valence-electron chi connectivity index (χ0n) is 9.59. The minimum atomic E-state index is -0.996. The van der Waals surface area contributed by atoms with Crippen molar-refractivity contribution in [3.63, 3.8) is 0 Å². The number of aliphatic carboxylic acids is 1. The number of amides is 1. The van der Waals surface area contributed by atoms with Crippen molar-refractivity contribution in [2.24, 2.45) is 5.73 Å². The van der Waals surface area contributed by atoms with Crippen LogP contribution in [0.4, 0.5) is 5.69 Å². The molecule has 0 bridgehead atoms. The van der Waals surface area contributed by atoms with Crippen molar-refractivity contribution >= 4 is 17.6 Å². The third-order valence-corrected chi connectivity index (χ3v) is 2.27. The van der Waals surface area contributed by atoms with Crippen LogP contribution in [0.2, 0.25) is 0 Å². The van der Waals surface area contributed by atoms with E-state index in [1.807, 2.05) is 6.07 Å². The summed E-state index contributed by atoms with van der Waals surface area (Å²) in [6.45, 7) is 0. The first-order valence-corrected chi connectivity index (χ1v) is 5.31. The number of carbonyl (C=O) groups is 2. The van der Waals surface area contributed by atoms with Gasteiger partial charge in [-0.2, -0.15) is 5.26 Å². The molecular formula is C12H13N3O3. The van der Waals surface area contributed by atoms with Gasteiger partial charge in [-0.15, -0.1) is 0 Å². The lowest BCUT2D eigenvalue weighted by atomic mass is 10.1. The van der Waals surface area contributed by atoms with E-state index in [1.54, 1.807) is 18.2 Å². The summed E-state index contributed by atoms with van der Waals surface area (Å²) in [5.74, 6) is -1.46. The smallest absolute Gasteiger partial charge is 0.303 e. The number of carboxylic acid groups (broad SMARTS) is 1. The summed E-state index contributed by atoms with van der Waals surface area (Å²) in [6, 6.07) is 7.46. The van der Waals surface area contributed by atoms with Crippen molar-refractivity contribution in [3.8, 4) is 6.07 Å². The largest absolute Gasteiger partial charge is 0.481 e. The molecule has 0 heterocycles. The Morgan fingerprint density at radius 3 is 2.83 bits per heavy atom. The minimum Gasteiger partial charge on any atom is -0.481 e. The Morgan fingerprint density at radius 2 is 2.22 bits per heavy atom. The Bertz CT molecular complexity index is 494. The molecule has 1 aromatic carbocycles. The zero-order chi connectivity index (χ0) is 13.5. The molecule has 0 aliphatic rings. The summed E-state index contributed by atoms with van der Waals surface area (Å²) >= 11 is 0. The number of rotatable bonds is 5. The summed E-state index contributed by atoms with van der Waals surface area (Å²) in [5.41, 5.74) is 6.43. The van der Waals surface area contributed by atoms with Gasteiger partial charge in [-0.05, 0) is 24.6 Å². The molecule has 0 aliphatic carbocycles. The van der Waals surface area contributed by atoms with E-state index in [-0.39, 0.29) is 12.8 Å². The number of hydrogen-bond acceptors (Lipinski definition) is 4. The highest BCUT2D eigenvalue weighted by Gasteiger charge is 2.14. The van der Waals surface area contributed by atoms with Crippen molar-refractivity contribution in [2.45, 2.75) is 18.9 Å². The molecular weight excluding hydrogens is 234 g/mol. The van der Waals surface area contributed by atoms with Gasteiger partial charge < -0.3 is 16.2 Å². The molecule has 1 rings (SSSR count). The topological polar surface area (TPSA) is 116 Å². The van der Waals surface area contributed by atoms with Gasteiger partial charge in [-0.3, -0.25) is 9.59 Å². The number of nitrogens with one attached hydrogen (secondary N) is 1. The summed E-state index contributed by atoms with van der Waals surface area (Å²) < 4.78 is 0. The van der Waals surface area contributed by atoms with Crippen LogP contribution in [0.1, 0.15) is 18.4 Å². The van der Waals surface area contributed by atoms with Gasteiger partial charge in [0.05, 0.1) is 17.7 Å². The van der Waals surface area contributed by atoms with Gasteiger partial charge >= 0.3 is 5.97 Å². The second-order valence-corrected chi connectivity index (χ2v) is 3.72. The van der Waals surface area contributed by atoms with Crippen molar-refractivity contribution in [2.75, 3.05) is 5.32 Å². The predicted molar refractivity (Wildman–Crippen MR) is 64.6 cm³/mol. The van der Waals surface area contributed by atoms with Crippen LogP contribution >= 0.6 is 0 Å². The van der Waals surface area contributed by atoms with E-state index in [1.165, 1.54) is 6.07 Å². The van der Waals surface area contributed by atoms with Crippen molar-refractivity contribution in [1.29, 1.82) is 5.26 Å². The van der Waals surface area contributed by atoms with Crippen LogP contribution in [-0.4, -0.2) is 23.0 Å². The molecule has 0 radical (unpaired) electrons. The maximum absolute atomic E-state index is 11.6. The Balaban J connectivity index is 2.58. The van der Waals surface area contributed by atoms with Crippen molar-refractivity contribution < 1.29 is 14.7 Å². The lowest BCUT2D eigenvalue weighted by molar-refractivity contribution is -0.137. The van der Waals surface area contributed by atoms with Crippen LogP contribution in [0.15, 0.2) is 24.3 Å². The summed E-state index contributed by atoms with van der Waals surface area (Å²) in [7, 11) is 0. The van der Waals surface area contributed by atoms with E-state index >= 15 is 0 Å². The Hall–Kier alpha value is -2.39. The van der Waals surface area contributed by atoms with Crippen molar-refractivity contribution in [1.82, 2.24) is 0 Å². The highest BCUT2D eigenvalue weighted by atomic mass is 16.4. The molecule has 0 saturated carbocycles. The second-order valence-electron chi connectivity index (χ2n) is 3.72. The normalized spacial score (nSPS) is 11.3. The standard InChI is InChI=1S/C12H13N3O3/c13-7-8-2-1-3-9(6-8)15-12(18)10(14)4-5-11(16)17/h1-3,6,10H,4-5,14H2,(H,15,18)(H,16,17). The summed E-state index contributed by atoms with van der Waals surface area (Å²) in [5, 5.41) is 19.7. The van der Waals surface area contributed by atoms with Gasteiger partial charge in [0, 0.05) is 12.1 Å². The molecule has 6 heteroatoms. The van der Waals surface area contributed by atoms with Gasteiger partial charge in [0.1, 0.15) is 0 Å². The summed E-state index contributed by atoms with van der Waals surface area (Å²) in [6.07, 6.45) is -0.0913. The number of hydrogen-bond donors (Lipinski definition) is 3. The van der Waals surface area contributed by atoms with Crippen molar-refractivity contribution in [3.05, 3.63) is 29.8 Å². The van der Waals surface area contributed by atoms with Crippen LogP contribution < -0.4 is 11.1 Å². The number of carbonyl (C=O) groups excluding carboxylic acids is 1. The molecule has 0 aliphatic heterocycles. The fourth-order valence-electron chi connectivity index (χ4n) is 1.31. The maximum Gasteiger partial charge on any atom is 0.303 e. The van der Waals surface area contributed by atoms with Gasteiger partial charge in [0.2, 0.25) is 5.91 Å². The minimum absolute atomic E-state index is 0.0686.